The molecule has 1 N–H and O–H groups in total. The van der Waals surface area contributed by atoms with Crippen LogP contribution < -0.4 is 4.74 Å². The molecule has 0 amide bonds. The largest absolute Gasteiger partial charge is 0.497 e. The lowest BCUT2D eigenvalue weighted by Crippen LogP contribution is -2.33. The molecule has 1 aliphatic rings. The molecule has 0 radical (unpaired) electrons. The molecule has 5 nitrogen and oxygen atoms in total. The predicted octanol–water partition coefficient (Wildman–Crippen LogP) is 4.84. The van der Waals surface area contributed by atoms with Gasteiger partial charge in [-0.3, -0.25) is 0 Å². The first-order valence-electron chi connectivity index (χ1n) is 9.74. The fourth-order valence-corrected chi connectivity index (χ4v) is 4.63. The fraction of sp³-hybridized carbons (Fsp3) is 0.304. The van der Waals surface area contributed by atoms with Crippen molar-refractivity contribution in [2.75, 3.05) is 20.3 Å². The Labute approximate surface area is 175 Å². The summed E-state index contributed by atoms with van der Waals surface area (Å²) in [7, 11) is 1.66. The molecule has 3 aromatic rings. The zero-order chi connectivity index (χ0) is 20.4. The van der Waals surface area contributed by atoms with Crippen LogP contribution in [-0.2, 0) is 6.54 Å². The molecule has 0 aliphatic carbocycles. The summed E-state index contributed by atoms with van der Waals surface area (Å²) in [6.07, 6.45) is 0.701. The lowest BCUT2D eigenvalue weighted by atomic mass is 10.1. The van der Waals surface area contributed by atoms with E-state index in [1.54, 1.807) is 18.9 Å². The van der Waals surface area contributed by atoms with Gasteiger partial charge in [-0.15, -0.1) is 0 Å². The molecule has 2 aromatic carbocycles. The maximum absolute atomic E-state index is 9.34. The summed E-state index contributed by atoms with van der Waals surface area (Å²) in [4.78, 5) is 12.1. The highest BCUT2D eigenvalue weighted by molar-refractivity contribution is 8.13. The van der Waals surface area contributed by atoms with Crippen molar-refractivity contribution in [3.05, 3.63) is 59.2 Å². The van der Waals surface area contributed by atoms with Crippen LogP contribution in [0.5, 0.6) is 5.75 Å². The molecule has 1 aliphatic heterocycles. The third-order valence-electron chi connectivity index (χ3n) is 4.98. The number of hydrogen-bond donors (Lipinski definition) is 1. The van der Waals surface area contributed by atoms with Crippen LogP contribution in [0.3, 0.4) is 0 Å². The average molecular weight is 408 g/mol. The number of thioether (sulfide) groups is 1. The van der Waals surface area contributed by atoms with E-state index in [0.29, 0.717) is 6.42 Å². The molecule has 4 rings (SSSR count). The predicted molar refractivity (Wildman–Crippen MR) is 119 cm³/mol. The van der Waals surface area contributed by atoms with Crippen LogP contribution in [-0.4, -0.2) is 40.4 Å². The summed E-state index contributed by atoms with van der Waals surface area (Å²) < 4.78 is 5.33. The van der Waals surface area contributed by atoms with Gasteiger partial charge in [0.15, 0.2) is 5.17 Å². The van der Waals surface area contributed by atoms with Crippen LogP contribution in [0.15, 0.2) is 52.5 Å². The van der Waals surface area contributed by atoms with E-state index in [9.17, 15) is 5.11 Å². The van der Waals surface area contributed by atoms with Crippen LogP contribution >= 0.6 is 11.8 Å². The maximum Gasteiger partial charge on any atom is 0.171 e. The van der Waals surface area contributed by atoms with Crippen LogP contribution in [0.25, 0.3) is 10.9 Å². The van der Waals surface area contributed by atoms with E-state index in [0.717, 1.165) is 40.2 Å². The Morgan fingerprint density at radius 2 is 2.07 bits per heavy atom. The van der Waals surface area contributed by atoms with E-state index in [1.165, 1.54) is 22.1 Å². The number of methoxy groups -OCH3 is 1. The summed E-state index contributed by atoms with van der Waals surface area (Å²) in [6, 6.07) is 14.4. The van der Waals surface area contributed by atoms with Crippen molar-refractivity contribution in [2.45, 2.75) is 31.8 Å². The maximum atomic E-state index is 9.34. The summed E-state index contributed by atoms with van der Waals surface area (Å²) in [6.45, 7) is 5.88. The van der Waals surface area contributed by atoms with E-state index < -0.39 is 0 Å². The number of benzene rings is 2. The van der Waals surface area contributed by atoms with E-state index in [-0.39, 0.29) is 6.61 Å². The molecule has 0 bridgehead atoms. The van der Waals surface area contributed by atoms with Crippen molar-refractivity contribution in [1.82, 2.24) is 9.88 Å². The summed E-state index contributed by atoms with van der Waals surface area (Å²) in [5, 5.41) is 12.4. The highest BCUT2D eigenvalue weighted by atomic mass is 32.2. The summed E-state index contributed by atoms with van der Waals surface area (Å²) in [5.74, 6) is 0.782. The Morgan fingerprint density at radius 3 is 2.86 bits per heavy atom. The van der Waals surface area contributed by atoms with Crippen LogP contribution in [0, 0.1) is 13.8 Å². The van der Waals surface area contributed by atoms with Gasteiger partial charge in [0.2, 0.25) is 0 Å². The summed E-state index contributed by atoms with van der Waals surface area (Å²) >= 11 is 1.59. The van der Waals surface area contributed by atoms with E-state index in [1.807, 2.05) is 24.3 Å². The number of aromatic nitrogens is 1. The van der Waals surface area contributed by atoms with Gasteiger partial charge < -0.3 is 14.7 Å². The minimum Gasteiger partial charge on any atom is -0.497 e. The van der Waals surface area contributed by atoms with Gasteiger partial charge in [-0.05, 0) is 61.9 Å². The topological polar surface area (TPSA) is 58.0 Å². The fourth-order valence-electron chi connectivity index (χ4n) is 3.62. The number of aryl methyl sites for hydroxylation is 2. The van der Waals surface area contributed by atoms with Crippen LogP contribution in [0.2, 0.25) is 0 Å². The number of aliphatic hydroxyl groups excluding tert-OH is 1. The lowest BCUT2D eigenvalue weighted by Gasteiger charge is -2.31. The molecular weight excluding hydrogens is 382 g/mol. The number of nitrogens with zero attached hydrogens (tertiary/aromatic N) is 3. The number of aliphatic imine (C=N–C) groups is 1. The van der Waals surface area contributed by atoms with Crippen molar-refractivity contribution >= 4 is 33.5 Å². The van der Waals surface area contributed by atoms with Gasteiger partial charge in [-0.25, -0.2) is 9.98 Å². The van der Waals surface area contributed by atoms with E-state index >= 15 is 0 Å². The van der Waals surface area contributed by atoms with E-state index in [2.05, 4.69) is 36.9 Å². The zero-order valence-corrected chi connectivity index (χ0v) is 17.8. The molecule has 6 heteroatoms. The number of pyridine rings is 1. The van der Waals surface area contributed by atoms with Crippen LogP contribution in [0.1, 0.15) is 23.1 Å². The Morgan fingerprint density at radius 1 is 1.21 bits per heavy atom. The molecule has 2 heterocycles. The quantitative estimate of drug-likeness (QED) is 0.656. The van der Waals surface area contributed by atoms with Crippen molar-refractivity contribution in [3.8, 4) is 5.75 Å². The number of rotatable bonds is 5. The van der Waals surface area contributed by atoms with E-state index in [4.69, 9.17) is 14.7 Å². The SMILES string of the molecule is COc1cccc(N=C2Sc3nc4c(C)cc(C)cc4cc3CN2CCCO)c1. The minimum atomic E-state index is 0.162. The minimum absolute atomic E-state index is 0.162. The first-order valence-corrected chi connectivity index (χ1v) is 10.6. The van der Waals surface area contributed by atoms with Crippen LogP contribution in [0.4, 0.5) is 5.69 Å². The molecule has 29 heavy (non-hydrogen) atoms. The molecule has 0 spiro atoms. The van der Waals surface area contributed by atoms with Gasteiger partial charge in [0.1, 0.15) is 10.8 Å². The van der Waals surface area contributed by atoms with Gasteiger partial charge in [0.25, 0.3) is 0 Å². The highest BCUT2D eigenvalue weighted by Gasteiger charge is 2.24. The number of amidine groups is 1. The molecule has 0 saturated carbocycles. The molecule has 0 fully saturated rings. The summed E-state index contributed by atoms with van der Waals surface area (Å²) in [5.41, 5.74) is 5.54. The number of fused-ring (bicyclic) bond motifs is 2. The molecular formula is C23H25N3O2S. The molecule has 1 aromatic heterocycles. The van der Waals surface area contributed by atoms with Crippen molar-refractivity contribution in [2.24, 2.45) is 4.99 Å². The van der Waals surface area contributed by atoms with Gasteiger partial charge in [-0.1, -0.05) is 17.7 Å². The number of hydrogen-bond acceptors (Lipinski definition) is 5. The number of aliphatic hydroxyl groups is 1. The monoisotopic (exact) mass is 407 g/mol. The lowest BCUT2D eigenvalue weighted by molar-refractivity contribution is 0.265. The van der Waals surface area contributed by atoms with Gasteiger partial charge in [0.05, 0.1) is 18.3 Å². The van der Waals surface area contributed by atoms with Crippen molar-refractivity contribution in [1.29, 1.82) is 0 Å². The first kappa shape index (κ1) is 19.7. The second-order valence-electron chi connectivity index (χ2n) is 7.30. The van der Waals surface area contributed by atoms with Gasteiger partial charge in [-0.2, -0.15) is 0 Å². The second kappa shape index (κ2) is 8.43. The molecule has 0 atom stereocenters. The molecule has 0 saturated heterocycles. The zero-order valence-electron chi connectivity index (χ0n) is 17.0. The second-order valence-corrected chi connectivity index (χ2v) is 8.26. The Hall–Kier alpha value is -2.57. The highest BCUT2D eigenvalue weighted by Crippen LogP contribution is 2.35. The standard InChI is InChI=1S/C23H25N3O2S/c1-15-10-16(2)21-17(11-15)12-18-14-26(8-5-9-27)23(29-22(18)25-21)24-19-6-4-7-20(13-19)28-3/h4,6-7,10-13,27H,5,8-9,14H2,1-3H3. The molecule has 150 valence electrons. The average Bonchev–Trinajstić information content (AvgIpc) is 2.71. The normalized spacial score (nSPS) is 15.0. The van der Waals surface area contributed by atoms with Gasteiger partial charge in [0, 0.05) is 36.7 Å². The van der Waals surface area contributed by atoms with Crippen molar-refractivity contribution < 1.29 is 9.84 Å². The third-order valence-corrected chi connectivity index (χ3v) is 6.05. The third kappa shape index (κ3) is 4.23. The number of ether oxygens (including phenoxy) is 1. The smallest absolute Gasteiger partial charge is 0.171 e. The Bertz CT molecular complexity index is 1080. The van der Waals surface area contributed by atoms with Crippen molar-refractivity contribution in [3.63, 3.8) is 0 Å². The first-order chi connectivity index (χ1) is 14.1. The molecule has 0 unspecified atom stereocenters. The Kier molecular flexibility index (Phi) is 5.74. The van der Waals surface area contributed by atoms with Gasteiger partial charge >= 0.3 is 0 Å². The Balaban J connectivity index is 1.76.